The highest BCUT2D eigenvalue weighted by Gasteiger charge is 2.22. The quantitative estimate of drug-likeness (QED) is 0.869. The van der Waals surface area contributed by atoms with Crippen molar-refractivity contribution in [1.29, 1.82) is 0 Å². The number of benzene rings is 1. The van der Waals surface area contributed by atoms with E-state index in [-0.39, 0.29) is 11.1 Å². The largest absolute Gasteiger partial charge is 0.328 e. The predicted octanol–water partition coefficient (Wildman–Crippen LogP) is 1.85. The van der Waals surface area contributed by atoms with Crippen LogP contribution < -0.4 is 5.32 Å². The van der Waals surface area contributed by atoms with Gasteiger partial charge in [0.2, 0.25) is 5.91 Å². The lowest BCUT2D eigenvalue weighted by Crippen LogP contribution is -2.22. The molecule has 2 aliphatic rings. The van der Waals surface area contributed by atoms with E-state index in [0.717, 1.165) is 29.1 Å². The Morgan fingerprint density at radius 3 is 3.00 bits per heavy atom. The Bertz CT molecular complexity index is 501. The summed E-state index contributed by atoms with van der Waals surface area (Å²) < 4.78 is 0. The van der Waals surface area contributed by atoms with Crippen LogP contribution in [0, 0.1) is 0 Å². The van der Waals surface area contributed by atoms with Crippen molar-refractivity contribution in [2.24, 2.45) is 0 Å². The van der Waals surface area contributed by atoms with E-state index in [1.807, 2.05) is 23.1 Å². The minimum Gasteiger partial charge on any atom is -0.328 e. The van der Waals surface area contributed by atoms with Crippen molar-refractivity contribution in [3.63, 3.8) is 0 Å². The zero-order valence-corrected chi connectivity index (χ0v) is 10.0. The minimum atomic E-state index is 0.0463. The third-order valence-electron chi connectivity index (χ3n) is 3.01. The second-order valence-corrected chi connectivity index (χ2v) is 5.30. The van der Waals surface area contributed by atoms with Crippen molar-refractivity contribution in [3.8, 4) is 0 Å². The van der Waals surface area contributed by atoms with Gasteiger partial charge >= 0.3 is 0 Å². The van der Waals surface area contributed by atoms with Crippen molar-refractivity contribution in [1.82, 2.24) is 4.90 Å². The number of fused-ring (bicyclic) bond motifs is 1. The first-order chi connectivity index (χ1) is 8.22. The molecule has 1 aromatic rings. The summed E-state index contributed by atoms with van der Waals surface area (Å²) in [6.45, 7) is 1.46. The maximum absolute atomic E-state index is 11.5. The Balaban J connectivity index is 1.79. The van der Waals surface area contributed by atoms with Gasteiger partial charge in [0.25, 0.3) is 5.24 Å². The monoisotopic (exact) mass is 248 g/mol. The van der Waals surface area contributed by atoms with Crippen LogP contribution in [0.3, 0.4) is 0 Å². The Morgan fingerprint density at radius 2 is 2.24 bits per heavy atom. The second-order valence-electron chi connectivity index (χ2n) is 4.25. The van der Waals surface area contributed by atoms with Crippen molar-refractivity contribution in [2.45, 2.75) is 13.0 Å². The molecule has 0 aromatic heterocycles. The summed E-state index contributed by atoms with van der Waals surface area (Å²) in [6.07, 6.45) is 0.450. The molecule has 0 spiro atoms. The number of amides is 2. The molecule has 0 aliphatic carbocycles. The lowest BCUT2D eigenvalue weighted by molar-refractivity contribution is -0.115. The van der Waals surface area contributed by atoms with Gasteiger partial charge in [-0.25, -0.2) is 0 Å². The molecule has 0 bridgehead atoms. The summed E-state index contributed by atoms with van der Waals surface area (Å²) in [5, 5.41) is 2.96. The Morgan fingerprint density at radius 1 is 1.35 bits per heavy atom. The van der Waals surface area contributed by atoms with Crippen LogP contribution in [-0.2, 0) is 17.8 Å². The average molecular weight is 248 g/mol. The van der Waals surface area contributed by atoms with E-state index < -0.39 is 0 Å². The predicted molar refractivity (Wildman–Crippen MR) is 67.0 cm³/mol. The van der Waals surface area contributed by atoms with E-state index in [0.29, 0.717) is 13.0 Å². The number of nitrogens with one attached hydrogen (secondary N) is 1. The number of rotatable bonds is 2. The third-order valence-corrected chi connectivity index (χ3v) is 3.90. The third kappa shape index (κ3) is 2.02. The Hall–Kier alpha value is -1.49. The lowest BCUT2D eigenvalue weighted by Gasteiger charge is -2.14. The van der Waals surface area contributed by atoms with Crippen LogP contribution in [0.5, 0.6) is 0 Å². The normalized spacial score (nSPS) is 18.5. The van der Waals surface area contributed by atoms with Gasteiger partial charge in [-0.1, -0.05) is 23.9 Å². The van der Waals surface area contributed by atoms with E-state index in [4.69, 9.17) is 0 Å². The fourth-order valence-electron chi connectivity index (χ4n) is 2.17. The van der Waals surface area contributed by atoms with Crippen LogP contribution in [0.15, 0.2) is 18.2 Å². The highest BCUT2D eigenvalue weighted by molar-refractivity contribution is 8.13. The maximum atomic E-state index is 11.5. The lowest BCUT2D eigenvalue weighted by atomic mass is 10.1. The maximum Gasteiger partial charge on any atom is 0.282 e. The van der Waals surface area contributed by atoms with E-state index >= 15 is 0 Å². The smallest absolute Gasteiger partial charge is 0.282 e. The fourth-order valence-corrected chi connectivity index (χ4v) is 3.00. The number of thioether (sulfide) groups is 1. The van der Waals surface area contributed by atoms with Crippen molar-refractivity contribution >= 4 is 28.6 Å². The molecule has 88 valence electrons. The summed E-state index contributed by atoms with van der Waals surface area (Å²) in [5.74, 6) is 0.925. The van der Waals surface area contributed by atoms with E-state index in [2.05, 4.69) is 5.32 Å². The van der Waals surface area contributed by atoms with Crippen LogP contribution in [-0.4, -0.2) is 28.3 Å². The molecular formula is C12H12N2O2S. The first-order valence-corrected chi connectivity index (χ1v) is 6.54. The second kappa shape index (κ2) is 4.07. The molecule has 1 fully saturated rings. The molecule has 0 atom stereocenters. The highest BCUT2D eigenvalue weighted by Crippen LogP contribution is 2.26. The molecule has 0 radical (unpaired) electrons. The molecule has 1 aromatic carbocycles. The summed E-state index contributed by atoms with van der Waals surface area (Å²) in [5.41, 5.74) is 3.03. The Kier molecular flexibility index (Phi) is 2.55. The zero-order chi connectivity index (χ0) is 11.8. The van der Waals surface area contributed by atoms with Gasteiger partial charge < -0.3 is 10.2 Å². The molecule has 0 unspecified atom stereocenters. The first-order valence-electron chi connectivity index (χ1n) is 5.56. The van der Waals surface area contributed by atoms with Crippen molar-refractivity contribution in [3.05, 3.63) is 29.3 Å². The molecule has 1 saturated heterocycles. The van der Waals surface area contributed by atoms with Crippen LogP contribution in [0.25, 0.3) is 0 Å². The summed E-state index contributed by atoms with van der Waals surface area (Å²) in [7, 11) is 0. The summed E-state index contributed by atoms with van der Waals surface area (Å²) in [6, 6.07) is 5.91. The summed E-state index contributed by atoms with van der Waals surface area (Å²) >= 11 is 1.37. The van der Waals surface area contributed by atoms with Gasteiger partial charge in [-0.05, 0) is 17.2 Å². The molecular weight excluding hydrogens is 236 g/mol. The van der Waals surface area contributed by atoms with Crippen LogP contribution in [0.1, 0.15) is 11.1 Å². The molecule has 4 nitrogen and oxygen atoms in total. The standard InChI is InChI=1S/C12H12N2O2S/c15-11-6-9-5-8(1-2-10(9)13-11)7-14-3-4-17-12(14)16/h1-2,5H,3-4,6-7H2,(H,13,15). The van der Waals surface area contributed by atoms with Gasteiger partial charge in [0.15, 0.2) is 0 Å². The molecule has 2 amide bonds. The topological polar surface area (TPSA) is 49.4 Å². The molecule has 0 saturated carbocycles. The minimum absolute atomic E-state index is 0.0463. The summed E-state index contributed by atoms with van der Waals surface area (Å²) in [4.78, 5) is 24.6. The van der Waals surface area contributed by atoms with Crippen LogP contribution in [0.4, 0.5) is 10.5 Å². The SMILES string of the molecule is O=C1Cc2cc(CN3CCSC3=O)ccc2N1. The molecule has 17 heavy (non-hydrogen) atoms. The number of hydrogen-bond donors (Lipinski definition) is 1. The molecule has 2 aliphatic heterocycles. The zero-order valence-electron chi connectivity index (χ0n) is 9.23. The van der Waals surface area contributed by atoms with E-state index in [9.17, 15) is 9.59 Å². The number of anilines is 1. The molecule has 2 heterocycles. The van der Waals surface area contributed by atoms with Gasteiger partial charge in [0, 0.05) is 24.5 Å². The average Bonchev–Trinajstić information content (AvgIpc) is 2.84. The Labute approximate surface area is 103 Å². The molecule has 1 N–H and O–H groups in total. The number of carbonyl (C=O) groups is 2. The van der Waals surface area contributed by atoms with Gasteiger partial charge in [-0.15, -0.1) is 0 Å². The van der Waals surface area contributed by atoms with Crippen molar-refractivity contribution < 1.29 is 9.59 Å². The number of carbonyl (C=O) groups excluding carboxylic acids is 2. The van der Waals surface area contributed by atoms with Gasteiger partial charge in [-0.2, -0.15) is 0 Å². The van der Waals surface area contributed by atoms with Gasteiger partial charge in [0.05, 0.1) is 6.42 Å². The van der Waals surface area contributed by atoms with E-state index in [1.54, 1.807) is 0 Å². The highest BCUT2D eigenvalue weighted by atomic mass is 32.2. The fraction of sp³-hybridized carbons (Fsp3) is 0.333. The first kappa shape index (κ1) is 10.7. The van der Waals surface area contributed by atoms with Crippen LogP contribution >= 0.6 is 11.8 Å². The molecule has 5 heteroatoms. The van der Waals surface area contributed by atoms with E-state index in [1.165, 1.54) is 11.8 Å². The van der Waals surface area contributed by atoms with Gasteiger partial charge in [0.1, 0.15) is 0 Å². The molecule has 3 rings (SSSR count). The number of nitrogens with zero attached hydrogens (tertiary/aromatic N) is 1. The van der Waals surface area contributed by atoms with Gasteiger partial charge in [-0.3, -0.25) is 9.59 Å². The van der Waals surface area contributed by atoms with Crippen LogP contribution in [0.2, 0.25) is 0 Å². The van der Waals surface area contributed by atoms with Crippen molar-refractivity contribution in [2.75, 3.05) is 17.6 Å². The number of hydrogen-bond acceptors (Lipinski definition) is 3.